The Morgan fingerprint density at radius 2 is 2.43 bits per heavy atom. The number of nitrogens with one attached hydrogen (secondary N) is 2. The molecule has 5 nitrogen and oxygen atoms in total. The fourth-order valence-electron chi connectivity index (χ4n) is 1.54. The molecule has 1 fully saturated rings. The zero-order chi connectivity index (χ0) is 10.4. The third kappa shape index (κ3) is 3.33. The molecule has 0 radical (unpaired) electrons. The average Bonchev–Trinajstić information content (AvgIpc) is 2.62. The van der Waals surface area contributed by atoms with Gasteiger partial charge in [0.1, 0.15) is 0 Å². The van der Waals surface area contributed by atoms with Gasteiger partial charge >= 0.3 is 0 Å². The molecule has 0 aromatic rings. The summed E-state index contributed by atoms with van der Waals surface area (Å²) in [4.78, 5) is 23.4. The summed E-state index contributed by atoms with van der Waals surface area (Å²) in [6.07, 6.45) is 2.19. The molecule has 0 saturated carbocycles. The molecular weight excluding hydrogens is 182 g/mol. The zero-order valence-electron chi connectivity index (χ0n) is 8.45. The van der Waals surface area contributed by atoms with Crippen LogP contribution in [0.5, 0.6) is 0 Å². The molecule has 2 amide bonds. The van der Waals surface area contributed by atoms with Gasteiger partial charge in [-0.05, 0) is 13.5 Å². The van der Waals surface area contributed by atoms with E-state index in [4.69, 9.17) is 0 Å². The molecule has 0 aromatic heterocycles. The van der Waals surface area contributed by atoms with Crippen LogP contribution < -0.4 is 10.6 Å². The van der Waals surface area contributed by atoms with E-state index in [0.29, 0.717) is 19.5 Å². The lowest BCUT2D eigenvalue weighted by Gasteiger charge is -2.12. The highest BCUT2D eigenvalue weighted by atomic mass is 16.2. The van der Waals surface area contributed by atoms with Gasteiger partial charge in [-0.25, -0.2) is 0 Å². The van der Waals surface area contributed by atoms with Crippen molar-refractivity contribution >= 4 is 12.3 Å². The Morgan fingerprint density at radius 3 is 3.00 bits per heavy atom. The summed E-state index contributed by atoms with van der Waals surface area (Å²) in [6, 6.07) is 0.143. The molecule has 0 aliphatic carbocycles. The summed E-state index contributed by atoms with van der Waals surface area (Å²) in [5, 5.41) is 5.81. The molecule has 80 valence electrons. The van der Waals surface area contributed by atoms with E-state index in [1.165, 1.54) is 0 Å². The number of carbonyl (C=O) groups excluding carboxylic acids is 2. The predicted octanol–water partition coefficient (Wildman–Crippen LogP) is -1.06. The molecule has 1 unspecified atom stereocenters. The van der Waals surface area contributed by atoms with Crippen LogP contribution in [0.15, 0.2) is 0 Å². The van der Waals surface area contributed by atoms with Gasteiger partial charge in [0.05, 0.1) is 0 Å². The van der Waals surface area contributed by atoms with Gasteiger partial charge in [-0.3, -0.25) is 9.59 Å². The standard InChI is InChI=1S/C9H17N3O2/c1-10-4-2-9(14)11-8-3-5-12(6-8)7-13/h7-8,10H,2-6H2,1H3,(H,11,14). The van der Waals surface area contributed by atoms with Crippen molar-refractivity contribution in [2.75, 3.05) is 26.7 Å². The van der Waals surface area contributed by atoms with Crippen molar-refractivity contribution in [1.29, 1.82) is 0 Å². The van der Waals surface area contributed by atoms with Crippen molar-refractivity contribution in [3.8, 4) is 0 Å². The second kappa shape index (κ2) is 5.59. The van der Waals surface area contributed by atoms with Gasteiger partial charge in [-0.1, -0.05) is 0 Å². The maximum atomic E-state index is 11.3. The molecule has 1 atom stereocenters. The summed E-state index contributed by atoms with van der Waals surface area (Å²) in [5.74, 6) is 0.0529. The Balaban J connectivity index is 2.18. The van der Waals surface area contributed by atoms with Crippen LogP contribution in [-0.4, -0.2) is 49.9 Å². The monoisotopic (exact) mass is 199 g/mol. The highest BCUT2D eigenvalue weighted by molar-refractivity contribution is 5.76. The molecule has 1 aliphatic heterocycles. The first-order valence-corrected chi connectivity index (χ1v) is 4.89. The minimum Gasteiger partial charge on any atom is -0.351 e. The molecule has 1 aliphatic rings. The zero-order valence-corrected chi connectivity index (χ0v) is 8.45. The maximum Gasteiger partial charge on any atom is 0.221 e. The molecular formula is C9H17N3O2. The van der Waals surface area contributed by atoms with Crippen LogP contribution >= 0.6 is 0 Å². The lowest BCUT2D eigenvalue weighted by Crippen LogP contribution is -2.37. The number of nitrogens with zero attached hydrogens (tertiary/aromatic N) is 1. The van der Waals surface area contributed by atoms with Crippen molar-refractivity contribution in [2.24, 2.45) is 0 Å². The number of likely N-dealkylation sites (tertiary alicyclic amines) is 1. The first kappa shape index (κ1) is 11.0. The molecule has 1 rings (SSSR count). The van der Waals surface area contributed by atoms with E-state index >= 15 is 0 Å². The number of hydrogen-bond acceptors (Lipinski definition) is 3. The van der Waals surface area contributed by atoms with Crippen LogP contribution in [0.2, 0.25) is 0 Å². The topological polar surface area (TPSA) is 61.4 Å². The van der Waals surface area contributed by atoms with Gasteiger partial charge in [-0.2, -0.15) is 0 Å². The number of amides is 2. The molecule has 0 aromatic carbocycles. The summed E-state index contributed by atoms with van der Waals surface area (Å²) in [6.45, 7) is 2.09. The first-order chi connectivity index (χ1) is 6.76. The Kier molecular flexibility index (Phi) is 4.39. The van der Waals surface area contributed by atoms with Gasteiger partial charge in [-0.15, -0.1) is 0 Å². The third-order valence-corrected chi connectivity index (χ3v) is 2.34. The Bertz CT molecular complexity index is 208. The van der Waals surface area contributed by atoms with E-state index in [0.717, 1.165) is 19.4 Å². The van der Waals surface area contributed by atoms with E-state index in [1.54, 1.807) is 4.90 Å². The molecule has 0 bridgehead atoms. The van der Waals surface area contributed by atoms with E-state index < -0.39 is 0 Å². The van der Waals surface area contributed by atoms with Crippen molar-refractivity contribution in [2.45, 2.75) is 18.9 Å². The number of carbonyl (C=O) groups is 2. The van der Waals surface area contributed by atoms with Crippen LogP contribution in [0, 0.1) is 0 Å². The molecule has 2 N–H and O–H groups in total. The van der Waals surface area contributed by atoms with Crippen molar-refractivity contribution in [3.63, 3.8) is 0 Å². The summed E-state index contributed by atoms with van der Waals surface area (Å²) >= 11 is 0. The molecule has 1 saturated heterocycles. The summed E-state index contributed by atoms with van der Waals surface area (Å²) in [7, 11) is 1.82. The van der Waals surface area contributed by atoms with Gasteiger partial charge in [0, 0.05) is 32.1 Å². The molecule has 5 heteroatoms. The maximum absolute atomic E-state index is 11.3. The normalized spacial score (nSPS) is 20.9. The van der Waals surface area contributed by atoms with Crippen LogP contribution in [0.1, 0.15) is 12.8 Å². The fraction of sp³-hybridized carbons (Fsp3) is 0.778. The van der Waals surface area contributed by atoms with E-state index in [1.807, 2.05) is 7.05 Å². The van der Waals surface area contributed by atoms with E-state index in [-0.39, 0.29) is 11.9 Å². The Morgan fingerprint density at radius 1 is 1.64 bits per heavy atom. The molecule has 14 heavy (non-hydrogen) atoms. The molecule has 1 heterocycles. The second-order valence-electron chi connectivity index (χ2n) is 3.51. The highest BCUT2D eigenvalue weighted by Crippen LogP contribution is 2.06. The van der Waals surface area contributed by atoms with Crippen LogP contribution in [0.3, 0.4) is 0 Å². The number of rotatable bonds is 5. The third-order valence-electron chi connectivity index (χ3n) is 2.34. The summed E-state index contributed by atoms with van der Waals surface area (Å²) in [5.41, 5.74) is 0. The SMILES string of the molecule is CNCCC(=O)NC1CCN(C=O)C1. The predicted molar refractivity (Wildman–Crippen MR) is 52.7 cm³/mol. The van der Waals surface area contributed by atoms with Gasteiger partial charge in [0.25, 0.3) is 0 Å². The van der Waals surface area contributed by atoms with Crippen LogP contribution in [0.4, 0.5) is 0 Å². The fourth-order valence-corrected chi connectivity index (χ4v) is 1.54. The van der Waals surface area contributed by atoms with Crippen LogP contribution in [0.25, 0.3) is 0 Å². The van der Waals surface area contributed by atoms with Crippen molar-refractivity contribution in [1.82, 2.24) is 15.5 Å². The molecule has 0 spiro atoms. The van der Waals surface area contributed by atoms with Crippen molar-refractivity contribution < 1.29 is 9.59 Å². The van der Waals surface area contributed by atoms with E-state index in [9.17, 15) is 9.59 Å². The quantitative estimate of drug-likeness (QED) is 0.555. The minimum absolute atomic E-state index is 0.0529. The Labute approximate surface area is 83.8 Å². The Hall–Kier alpha value is -1.10. The number of hydrogen-bond donors (Lipinski definition) is 2. The van der Waals surface area contributed by atoms with Crippen LogP contribution in [-0.2, 0) is 9.59 Å². The lowest BCUT2D eigenvalue weighted by atomic mass is 10.2. The average molecular weight is 199 g/mol. The first-order valence-electron chi connectivity index (χ1n) is 4.89. The van der Waals surface area contributed by atoms with Gasteiger partial charge in [0.2, 0.25) is 12.3 Å². The van der Waals surface area contributed by atoms with Gasteiger partial charge < -0.3 is 15.5 Å². The van der Waals surface area contributed by atoms with E-state index in [2.05, 4.69) is 10.6 Å². The highest BCUT2D eigenvalue weighted by Gasteiger charge is 2.21. The summed E-state index contributed by atoms with van der Waals surface area (Å²) < 4.78 is 0. The minimum atomic E-state index is 0.0529. The smallest absolute Gasteiger partial charge is 0.221 e. The lowest BCUT2D eigenvalue weighted by molar-refractivity contribution is -0.122. The largest absolute Gasteiger partial charge is 0.351 e. The van der Waals surface area contributed by atoms with Crippen molar-refractivity contribution in [3.05, 3.63) is 0 Å². The second-order valence-corrected chi connectivity index (χ2v) is 3.51. The van der Waals surface area contributed by atoms with Gasteiger partial charge in [0.15, 0.2) is 0 Å².